The van der Waals surface area contributed by atoms with Gasteiger partial charge in [0.05, 0.1) is 6.10 Å². The number of carbonyl (C=O) groups is 2. The molecule has 2 aromatic carbocycles. The Morgan fingerprint density at radius 2 is 1.62 bits per heavy atom. The van der Waals surface area contributed by atoms with Crippen LogP contribution in [0.4, 0.5) is 0 Å². The van der Waals surface area contributed by atoms with Gasteiger partial charge in [0.25, 0.3) is 0 Å². The average Bonchev–Trinajstić information content (AvgIpc) is 2.77. The van der Waals surface area contributed by atoms with E-state index in [1.54, 1.807) is 17.0 Å². The number of ether oxygens (including phenoxy) is 1. The lowest BCUT2D eigenvalue weighted by molar-refractivity contribution is -0.143. The van der Waals surface area contributed by atoms with E-state index in [1.807, 2.05) is 70.2 Å². The van der Waals surface area contributed by atoms with Crippen LogP contribution in [0.1, 0.15) is 45.2 Å². The minimum Gasteiger partial charge on any atom is -0.379 e. The summed E-state index contributed by atoms with van der Waals surface area (Å²) in [6, 6.07) is 16.6. The number of carbonyl (C=O) groups excluding carboxylic acids is 2. The minimum atomic E-state index is -0.617. The van der Waals surface area contributed by atoms with E-state index < -0.39 is 6.04 Å². The summed E-state index contributed by atoms with van der Waals surface area (Å²) in [5, 5.41) is 3.65. The first kappa shape index (κ1) is 25.9. The molecule has 2 aromatic rings. The van der Waals surface area contributed by atoms with Crippen molar-refractivity contribution in [2.24, 2.45) is 5.92 Å². The molecular formula is C26H35ClN2O3. The first-order valence-electron chi connectivity index (χ1n) is 11.3. The van der Waals surface area contributed by atoms with Crippen LogP contribution < -0.4 is 5.32 Å². The van der Waals surface area contributed by atoms with Gasteiger partial charge in [-0.15, -0.1) is 0 Å². The quantitative estimate of drug-likeness (QED) is 0.462. The summed E-state index contributed by atoms with van der Waals surface area (Å²) >= 11 is 6.03. The van der Waals surface area contributed by atoms with Gasteiger partial charge in [0.2, 0.25) is 11.8 Å². The molecule has 0 fully saturated rings. The number of hydrogen-bond acceptors (Lipinski definition) is 3. The highest BCUT2D eigenvalue weighted by molar-refractivity contribution is 6.30. The van der Waals surface area contributed by atoms with Gasteiger partial charge in [-0.2, -0.15) is 0 Å². The van der Waals surface area contributed by atoms with E-state index in [0.29, 0.717) is 31.1 Å². The Kier molecular flexibility index (Phi) is 10.7. The van der Waals surface area contributed by atoms with Gasteiger partial charge < -0.3 is 15.0 Å². The van der Waals surface area contributed by atoms with E-state index in [4.69, 9.17) is 16.3 Å². The Bertz CT molecular complexity index is 838. The van der Waals surface area contributed by atoms with Crippen LogP contribution in [0.15, 0.2) is 54.6 Å². The summed E-state index contributed by atoms with van der Waals surface area (Å²) in [6.07, 6.45) is 1.33. The summed E-state index contributed by atoms with van der Waals surface area (Å²) in [5.74, 6) is -0.437. The van der Waals surface area contributed by atoms with Crippen molar-refractivity contribution >= 4 is 23.4 Å². The fourth-order valence-electron chi connectivity index (χ4n) is 3.36. The zero-order chi connectivity index (χ0) is 23.5. The molecule has 5 nitrogen and oxygen atoms in total. The van der Waals surface area contributed by atoms with Crippen LogP contribution in [0.2, 0.25) is 5.02 Å². The van der Waals surface area contributed by atoms with Crippen molar-refractivity contribution in [2.45, 2.75) is 59.2 Å². The van der Waals surface area contributed by atoms with Crippen molar-refractivity contribution in [1.82, 2.24) is 10.2 Å². The lowest BCUT2D eigenvalue weighted by Gasteiger charge is -2.33. The lowest BCUT2D eigenvalue weighted by atomic mass is 10.0. The average molecular weight is 459 g/mol. The molecule has 174 valence electrons. The van der Waals surface area contributed by atoms with Gasteiger partial charge in [0, 0.05) is 37.1 Å². The SMILES string of the molecule is CC(C)OCCCNC(=O)C(Cc1ccccc1)N(Cc1ccc(Cl)cc1)C(=O)C(C)C. The maximum absolute atomic E-state index is 13.3. The monoisotopic (exact) mass is 458 g/mol. The molecule has 0 aliphatic heterocycles. The third kappa shape index (κ3) is 8.64. The molecule has 0 heterocycles. The molecule has 0 aliphatic rings. The second-order valence-corrected chi connectivity index (χ2v) is 8.95. The zero-order valence-electron chi connectivity index (χ0n) is 19.5. The van der Waals surface area contributed by atoms with Crippen LogP contribution in [-0.2, 0) is 27.3 Å². The minimum absolute atomic E-state index is 0.0563. The molecule has 0 saturated heterocycles. The van der Waals surface area contributed by atoms with E-state index in [0.717, 1.165) is 17.5 Å². The highest BCUT2D eigenvalue weighted by atomic mass is 35.5. The van der Waals surface area contributed by atoms with Crippen LogP contribution in [-0.4, -0.2) is 42.0 Å². The molecule has 0 saturated carbocycles. The van der Waals surface area contributed by atoms with Crippen molar-refractivity contribution in [2.75, 3.05) is 13.2 Å². The Labute approximate surface area is 197 Å². The molecule has 0 aromatic heterocycles. The van der Waals surface area contributed by atoms with E-state index in [9.17, 15) is 9.59 Å². The molecule has 0 spiro atoms. The van der Waals surface area contributed by atoms with E-state index in [2.05, 4.69) is 5.32 Å². The van der Waals surface area contributed by atoms with E-state index in [1.165, 1.54) is 0 Å². The summed E-state index contributed by atoms with van der Waals surface area (Å²) in [5.41, 5.74) is 1.94. The normalized spacial score (nSPS) is 12.1. The molecular weight excluding hydrogens is 424 g/mol. The molecule has 0 bridgehead atoms. The van der Waals surface area contributed by atoms with Gasteiger partial charge in [0.15, 0.2) is 0 Å². The fraction of sp³-hybridized carbons (Fsp3) is 0.462. The fourth-order valence-corrected chi connectivity index (χ4v) is 3.49. The molecule has 1 unspecified atom stereocenters. The number of halogens is 1. The molecule has 1 N–H and O–H groups in total. The summed E-state index contributed by atoms with van der Waals surface area (Å²) in [6.45, 7) is 9.12. The standard InChI is InChI=1S/C26H35ClN2O3/c1-19(2)26(31)29(18-22-11-13-23(27)14-12-22)24(17-21-9-6-5-7-10-21)25(30)28-15-8-16-32-20(3)4/h5-7,9-14,19-20,24H,8,15-18H2,1-4H3,(H,28,30). The molecule has 0 aliphatic carbocycles. The van der Waals surface area contributed by atoms with Crippen LogP contribution in [0, 0.1) is 5.92 Å². The number of nitrogens with one attached hydrogen (secondary N) is 1. The number of hydrogen-bond donors (Lipinski definition) is 1. The summed E-state index contributed by atoms with van der Waals surface area (Å²) in [7, 11) is 0. The Hall–Kier alpha value is -2.37. The van der Waals surface area contributed by atoms with Crippen molar-refractivity contribution in [1.29, 1.82) is 0 Å². The van der Waals surface area contributed by atoms with Crippen LogP contribution in [0.5, 0.6) is 0 Å². The summed E-state index contributed by atoms with van der Waals surface area (Å²) in [4.78, 5) is 28.2. The second-order valence-electron chi connectivity index (χ2n) is 8.52. The smallest absolute Gasteiger partial charge is 0.243 e. The maximum atomic E-state index is 13.3. The van der Waals surface area contributed by atoms with Crippen molar-refractivity contribution in [3.8, 4) is 0 Å². The van der Waals surface area contributed by atoms with E-state index in [-0.39, 0.29) is 23.8 Å². The number of rotatable bonds is 12. The van der Waals surface area contributed by atoms with Gasteiger partial charge in [0.1, 0.15) is 6.04 Å². The van der Waals surface area contributed by atoms with Crippen molar-refractivity contribution < 1.29 is 14.3 Å². The number of nitrogens with zero attached hydrogens (tertiary/aromatic N) is 1. The third-order valence-electron chi connectivity index (χ3n) is 5.07. The Morgan fingerprint density at radius 1 is 0.969 bits per heavy atom. The predicted octanol–water partition coefficient (Wildman–Crippen LogP) is 4.87. The number of amides is 2. The van der Waals surface area contributed by atoms with Crippen molar-refractivity contribution in [3.63, 3.8) is 0 Å². The highest BCUT2D eigenvalue weighted by Crippen LogP contribution is 2.18. The molecule has 6 heteroatoms. The van der Waals surface area contributed by atoms with Crippen LogP contribution >= 0.6 is 11.6 Å². The molecule has 2 amide bonds. The topological polar surface area (TPSA) is 58.6 Å². The first-order valence-corrected chi connectivity index (χ1v) is 11.6. The lowest BCUT2D eigenvalue weighted by Crippen LogP contribution is -2.51. The largest absolute Gasteiger partial charge is 0.379 e. The van der Waals surface area contributed by atoms with Crippen LogP contribution in [0.3, 0.4) is 0 Å². The van der Waals surface area contributed by atoms with Gasteiger partial charge in [-0.25, -0.2) is 0 Å². The van der Waals surface area contributed by atoms with Crippen molar-refractivity contribution in [3.05, 3.63) is 70.7 Å². The Balaban J connectivity index is 2.23. The maximum Gasteiger partial charge on any atom is 0.243 e. The van der Waals surface area contributed by atoms with Gasteiger partial charge >= 0.3 is 0 Å². The van der Waals surface area contributed by atoms with Crippen LogP contribution in [0.25, 0.3) is 0 Å². The molecule has 2 rings (SSSR count). The molecule has 0 radical (unpaired) electrons. The molecule has 1 atom stereocenters. The van der Waals surface area contributed by atoms with Gasteiger partial charge in [-0.05, 0) is 43.5 Å². The first-order chi connectivity index (χ1) is 15.3. The van der Waals surface area contributed by atoms with Gasteiger partial charge in [-0.3, -0.25) is 9.59 Å². The third-order valence-corrected chi connectivity index (χ3v) is 5.32. The molecule has 32 heavy (non-hydrogen) atoms. The number of benzene rings is 2. The van der Waals surface area contributed by atoms with E-state index >= 15 is 0 Å². The zero-order valence-corrected chi connectivity index (χ0v) is 20.3. The predicted molar refractivity (Wildman–Crippen MR) is 129 cm³/mol. The second kappa shape index (κ2) is 13.2. The highest BCUT2D eigenvalue weighted by Gasteiger charge is 2.31. The summed E-state index contributed by atoms with van der Waals surface area (Å²) < 4.78 is 5.56. The van der Waals surface area contributed by atoms with Gasteiger partial charge in [-0.1, -0.05) is 67.9 Å². The Morgan fingerprint density at radius 3 is 2.22 bits per heavy atom.